The maximum Gasteiger partial charge on any atom is 0.331 e. The highest BCUT2D eigenvalue weighted by molar-refractivity contribution is 8.13. The largest absolute Gasteiger partial charge is 0.490 e. The average Bonchev–Trinajstić information content (AvgIpc) is 2.92. The van der Waals surface area contributed by atoms with Gasteiger partial charge in [-0.1, -0.05) is 30.0 Å². The number of aliphatic imine (C=N–C) groups is 1. The second-order valence-corrected chi connectivity index (χ2v) is 10.0. The summed E-state index contributed by atoms with van der Waals surface area (Å²) in [5.74, 6) is -3.15. The van der Waals surface area contributed by atoms with Gasteiger partial charge in [0.1, 0.15) is 18.5 Å². The van der Waals surface area contributed by atoms with Crippen molar-refractivity contribution < 1.29 is 33.0 Å². The van der Waals surface area contributed by atoms with Crippen LogP contribution in [-0.4, -0.2) is 77.4 Å². The van der Waals surface area contributed by atoms with Gasteiger partial charge in [0.25, 0.3) is 0 Å². The zero-order valence-electron chi connectivity index (χ0n) is 20.9. The quantitative estimate of drug-likeness (QED) is 0.370. The SMILES string of the molecule is CN(C1=Nc2ccccc2CS1)C1CCN(CC(COc2ccc(F)c(F)c2)OC(=O)/C=C\C(=O)O)CC1. The molecule has 38 heavy (non-hydrogen) atoms. The number of carbonyl (C=O) groups is 2. The fraction of sp³-hybridized carbons (Fsp3) is 0.370. The Hall–Kier alpha value is -3.44. The Kier molecular flexibility index (Phi) is 9.35. The number of fused-ring (bicyclic) bond motifs is 1. The molecule has 0 amide bonds. The number of carbonyl (C=O) groups excluding carboxylic acids is 1. The van der Waals surface area contributed by atoms with Gasteiger partial charge >= 0.3 is 11.9 Å². The number of thioether (sulfide) groups is 1. The van der Waals surface area contributed by atoms with Gasteiger partial charge in [-0.2, -0.15) is 0 Å². The zero-order valence-corrected chi connectivity index (χ0v) is 21.7. The molecule has 4 rings (SSSR count). The van der Waals surface area contributed by atoms with Crippen molar-refractivity contribution in [2.45, 2.75) is 30.7 Å². The molecule has 2 aromatic carbocycles. The van der Waals surface area contributed by atoms with E-state index in [-0.39, 0.29) is 12.4 Å². The third kappa shape index (κ3) is 7.55. The Labute approximate surface area is 223 Å². The van der Waals surface area contributed by atoms with Crippen LogP contribution in [0.15, 0.2) is 59.6 Å². The van der Waals surface area contributed by atoms with Gasteiger partial charge in [0.05, 0.1) is 5.69 Å². The molecule has 1 N–H and O–H groups in total. The minimum Gasteiger partial charge on any atom is -0.490 e. The first kappa shape index (κ1) is 27.6. The summed E-state index contributed by atoms with van der Waals surface area (Å²) in [6.45, 7) is 1.72. The highest BCUT2D eigenvalue weighted by Crippen LogP contribution is 2.33. The molecule has 202 valence electrons. The fourth-order valence-corrected chi connectivity index (χ4v) is 5.40. The summed E-state index contributed by atoms with van der Waals surface area (Å²) in [5.41, 5.74) is 2.24. The number of likely N-dealkylation sites (tertiary alicyclic amines) is 1. The number of ether oxygens (including phenoxy) is 2. The van der Waals surface area contributed by atoms with Crippen LogP contribution in [0, 0.1) is 11.6 Å². The highest BCUT2D eigenvalue weighted by atomic mass is 32.2. The molecule has 0 radical (unpaired) electrons. The Bertz CT molecular complexity index is 1220. The average molecular weight is 546 g/mol. The standard InChI is InChI=1S/C27H29F2N3O5S/c1-31(27-30-24-5-3-2-4-18(24)17-38-27)19-10-12-32(13-11-19)15-21(37-26(35)9-8-25(33)34)16-36-20-6-7-22(28)23(29)14-20/h2-9,14,19,21H,10-13,15-17H2,1H3,(H,33,34)/b9-8-. The summed E-state index contributed by atoms with van der Waals surface area (Å²) in [7, 11) is 2.06. The van der Waals surface area contributed by atoms with Crippen LogP contribution < -0.4 is 4.74 Å². The van der Waals surface area contributed by atoms with Gasteiger partial charge in [-0.25, -0.2) is 23.4 Å². The van der Waals surface area contributed by atoms with Crippen molar-refractivity contribution in [2.24, 2.45) is 4.99 Å². The lowest BCUT2D eigenvalue weighted by Crippen LogP contribution is -2.48. The van der Waals surface area contributed by atoms with Gasteiger partial charge in [0.2, 0.25) is 0 Å². The predicted molar refractivity (Wildman–Crippen MR) is 141 cm³/mol. The number of halogens is 2. The lowest BCUT2D eigenvalue weighted by Gasteiger charge is -2.39. The van der Waals surface area contributed by atoms with E-state index in [4.69, 9.17) is 19.6 Å². The Balaban J connectivity index is 1.34. The van der Waals surface area contributed by atoms with E-state index >= 15 is 0 Å². The van der Waals surface area contributed by atoms with E-state index in [2.05, 4.69) is 22.9 Å². The molecule has 0 spiro atoms. The van der Waals surface area contributed by atoms with Crippen molar-refractivity contribution >= 4 is 34.6 Å². The van der Waals surface area contributed by atoms with E-state index in [9.17, 15) is 18.4 Å². The number of carboxylic acid groups (broad SMARTS) is 1. The topological polar surface area (TPSA) is 91.7 Å². The van der Waals surface area contributed by atoms with E-state index in [1.807, 2.05) is 18.2 Å². The first-order valence-electron chi connectivity index (χ1n) is 12.2. The maximum absolute atomic E-state index is 13.5. The second kappa shape index (κ2) is 12.9. The number of para-hydroxylation sites is 1. The summed E-state index contributed by atoms with van der Waals surface area (Å²) >= 11 is 1.73. The number of piperidine rings is 1. The minimum atomic E-state index is -1.27. The summed E-state index contributed by atoms with van der Waals surface area (Å²) in [6.07, 6.45) is 2.52. The van der Waals surface area contributed by atoms with E-state index in [1.165, 1.54) is 11.6 Å². The van der Waals surface area contributed by atoms with Crippen LogP contribution in [-0.2, 0) is 20.1 Å². The molecule has 1 atom stereocenters. The molecule has 1 unspecified atom stereocenters. The van der Waals surface area contributed by atoms with Gasteiger partial charge in [-0.05, 0) is 36.6 Å². The number of esters is 1. The molecule has 1 fully saturated rings. The van der Waals surface area contributed by atoms with Crippen LogP contribution >= 0.6 is 11.8 Å². The highest BCUT2D eigenvalue weighted by Gasteiger charge is 2.28. The minimum absolute atomic E-state index is 0.0960. The van der Waals surface area contributed by atoms with E-state index in [0.29, 0.717) is 18.7 Å². The molecule has 2 aliphatic heterocycles. The molecule has 8 nitrogen and oxygen atoms in total. The molecular formula is C27H29F2N3O5S. The van der Waals surface area contributed by atoms with Crippen LogP contribution in [0.4, 0.5) is 14.5 Å². The summed E-state index contributed by atoms with van der Waals surface area (Å²) in [4.78, 5) is 32.1. The summed E-state index contributed by atoms with van der Waals surface area (Å²) in [6, 6.07) is 11.6. The van der Waals surface area contributed by atoms with Gasteiger partial charge < -0.3 is 19.5 Å². The van der Waals surface area contributed by atoms with Crippen LogP contribution in [0.2, 0.25) is 0 Å². The Morgan fingerprint density at radius 1 is 1.18 bits per heavy atom. The predicted octanol–water partition coefficient (Wildman–Crippen LogP) is 4.23. The van der Waals surface area contributed by atoms with Gasteiger partial charge in [0, 0.05) is 56.7 Å². The Morgan fingerprint density at radius 3 is 2.68 bits per heavy atom. The van der Waals surface area contributed by atoms with Crippen molar-refractivity contribution in [1.82, 2.24) is 9.80 Å². The molecular weight excluding hydrogens is 516 g/mol. The van der Waals surface area contributed by atoms with Crippen LogP contribution in [0.3, 0.4) is 0 Å². The van der Waals surface area contributed by atoms with Crippen LogP contribution in [0.25, 0.3) is 0 Å². The van der Waals surface area contributed by atoms with Crippen LogP contribution in [0.5, 0.6) is 5.75 Å². The van der Waals surface area contributed by atoms with Crippen LogP contribution in [0.1, 0.15) is 18.4 Å². The number of hydrogen-bond acceptors (Lipinski definition) is 8. The first-order chi connectivity index (χ1) is 18.3. The number of aliphatic carboxylic acids is 1. The normalized spacial score (nSPS) is 17.0. The van der Waals surface area contributed by atoms with Crippen molar-refractivity contribution in [3.8, 4) is 5.75 Å². The molecule has 0 aliphatic carbocycles. The molecule has 0 aromatic heterocycles. The smallest absolute Gasteiger partial charge is 0.331 e. The van der Waals surface area contributed by atoms with E-state index in [1.54, 1.807) is 11.8 Å². The van der Waals surface area contributed by atoms with Crippen molar-refractivity contribution in [1.29, 1.82) is 0 Å². The van der Waals surface area contributed by atoms with Crippen molar-refractivity contribution in [3.05, 3.63) is 71.8 Å². The molecule has 0 bridgehead atoms. The van der Waals surface area contributed by atoms with Gasteiger partial charge in [0.15, 0.2) is 16.8 Å². The molecule has 2 aromatic rings. The number of amidine groups is 1. The molecule has 11 heteroatoms. The Morgan fingerprint density at radius 2 is 1.95 bits per heavy atom. The lowest BCUT2D eigenvalue weighted by molar-refractivity contribution is -0.146. The number of hydrogen-bond donors (Lipinski definition) is 1. The lowest BCUT2D eigenvalue weighted by atomic mass is 10.0. The number of nitrogens with zero attached hydrogens (tertiary/aromatic N) is 3. The number of benzene rings is 2. The number of carboxylic acids is 1. The summed E-state index contributed by atoms with van der Waals surface area (Å²) in [5, 5.41) is 9.76. The molecule has 1 saturated heterocycles. The second-order valence-electron chi connectivity index (χ2n) is 9.07. The van der Waals surface area contributed by atoms with Crippen molar-refractivity contribution in [2.75, 3.05) is 33.3 Å². The third-order valence-corrected chi connectivity index (χ3v) is 7.50. The molecule has 2 heterocycles. The molecule has 2 aliphatic rings. The fourth-order valence-electron chi connectivity index (χ4n) is 4.36. The maximum atomic E-state index is 13.5. The first-order valence-corrected chi connectivity index (χ1v) is 13.2. The number of rotatable bonds is 9. The zero-order chi connectivity index (χ0) is 27.1. The van der Waals surface area contributed by atoms with E-state index < -0.39 is 29.7 Å². The van der Waals surface area contributed by atoms with Crippen molar-refractivity contribution in [3.63, 3.8) is 0 Å². The van der Waals surface area contributed by atoms with Gasteiger partial charge in [-0.15, -0.1) is 0 Å². The summed E-state index contributed by atoms with van der Waals surface area (Å²) < 4.78 is 37.8. The molecule has 0 saturated carbocycles. The van der Waals surface area contributed by atoms with Gasteiger partial charge in [-0.3, -0.25) is 4.90 Å². The van der Waals surface area contributed by atoms with E-state index in [0.717, 1.165) is 60.7 Å². The third-order valence-electron chi connectivity index (χ3n) is 6.40. The monoisotopic (exact) mass is 545 g/mol.